The molecule has 5 nitrogen and oxygen atoms in total. The van der Waals surface area contributed by atoms with Gasteiger partial charge in [0.25, 0.3) is 0 Å². The second-order valence-corrected chi connectivity index (χ2v) is 6.28. The van der Waals surface area contributed by atoms with Crippen LogP contribution in [-0.4, -0.2) is 30.1 Å². The van der Waals surface area contributed by atoms with Crippen LogP contribution in [0.1, 0.15) is 38.9 Å². The number of ketones is 1. The summed E-state index contributed by atoms with van der Waals surface area (Å²) in [5.41, 5.74) is -0.0635. The average Bonchev–Trinajstić information content (AvgIpc) is 2.36. The molecule has 1 N–H and O–H groups in total. The number of halogens is 1. The number of alkyl carbamates (subject to hydrolysis) is 1. The zero-order chi connectivity index (χ0) is 16.3. The molecule has 0 aliphatic carbocycles. The van der Waals surface area contributed by atoms with Crippen molar-refractivity contribution in [1.82, 2.24) is 5.32 Å². The molecular weight excluding hydrogens is 289 g/mol. The number of amides is 1. The van der Waals surface area contributed by atoms with Gasteiger partial charge in [-0.15, -0.1) is 0 Å². The lowest BCUT2D eigenvalue weighted by Gasteiger charge is -2.32. The molecule has 0 bridgehead atoms. The molecule has 0 unspecified atom stereocenters. The lowest BCUT2D eigenvalue weighted by atomic mass is 9.95. The van der Waals surface area contributed by atoms with Crippen molar-refractivity contribution < 1.29 is 23.5 Å². The van der Waals surface area contributed by atoms with Gasteiger partial charge in [0.1, 0.15) is 24.1 Å². The molecule has 1 heterocycles. The molecule has 120 valence electrons. The molecule has 1 saturated heterocycles. The van der Waals surface area contributed by atoms with E-state index < -0.39 is 29.7 Å². The fourth-order valence-electron chi connectivity index (χ4n) is 2.31. The number of nitrogens with one attached hydrogen (secondary N) is 1. The van der Waals surface area contributed by atoms with Crippen molar-refractivity contribution in [2.45, 2.75) is 44.9 Å². The fourth-order valence-corrected chi connectivity index (χ4v) is 2.31. The molecule has 1 fully saturated rings. The first kappa shape index (κ1) is 16.4. The van der Waals surface area contributed by atoms with E-state index in [0.717, 1.165) is 0 Å². The minimum absolute atomic E-state index is 0.0479. The first-order valence-corrected chi connectivity index (χ1v) is 7.13. The van der Waals surface area contributed by atoms with Crippen LogP contribution < -0.4 is 5.32 Å². The Labute approximate surface area is 128 Å². The van der Waals surface area contributed by atoms with Gasteiger partial charge in [-0.3, -0.25) is 4.79 Å². The summed E-state index contributed by atoms with van der Waals surface area (Å²) >= 11 is 0. The molecule has 0 radical (unpaired) electrons. The summed E-state index contributed by atoms with van der Waals surface area (Å²) in [6, 6.07) is 5.35. The highest BCUT2D eigenvalue weighted by Crippen LogP contribution is 2.28. The molecule has 6 heteroatoms. The summed E-state index contributed by atoms with van der Waals surface area (Å²) in [6.07, 6.45) is -1.08. The number of ether oxygens (including phenoxy) is 2. The van der Waals surface area contributed by atoms with E-state index in [2.05, 4.69) is 5.32 Å². The number of rotatable bonds is 2. The van der Waals surface area contributed by atoms with Gasteiger partial charge in [0.15, 0.2) is 5.78 Å². The van der Waals surface area contributed by atoms with E-state index >= 15 is 0 Å². The Kier molecular flexibility index (Phi) is 4.81. The Hall–Kier alpha value is -1.95. The van der Waals surface area contributed by atoms with E-state index in [1.54, 1.807) is 32.9 Å². The summed E-state index contributed by atoms with van der Waals surface area (Å²) < 4.78 is 24.1. The van der Waals surface area contributed by atoms with Crippen molar-refractivity contribution in [2.24, 2.45) is 0 Å². The van der Waals surface area contributed by atoms with Crippen LogP contribution in [0.25, 0.3) is 0 Å². The second-order valence-electron chi connectivity index (χ2n) is 6.28. The van der Waals surface area contributed by atoms with Crippen molar-refractivity contribution in [3.63, 3.8) is 0 Å². The normalized spacial score (nSPS) is 22.3. The van der Waals surface area contributed by atoms with Crippen LogP contribution in [-0.2, 0) is 14.3 Å². The average molecular weight is 309 g/mol. The Morgan fingerprint density at radius 3 is 2.77 bits per heavy atom. The number of hydrogen-bond donors (Lipinski definition) is 1. The highest BCUT2D eigenvalue weighted by Gasteiger charge is 2.33. The number of benzene rings is 1. The number of carbonyl (C=O) groups excluding carboxylic acids is 2. The zero-order valence-corrected chi connectivity index (χ0v) is 12.9. The van der Waals surface area contributed by atoms with E-state index in [1.807, 2.05) is 0 Å². The van der Waals surface area contributed by atoms with Crippen LogP contribution in [0.5, 0.6) is 0 Å². The Morgan fingerprint density at radius 2 is 2.14 bits per heavy atom. The van der Waals surface area contributed by atoms with Crippen molar-refractivity contribution in [1.29, 1.82) is 0 Å². The largest absolute Gasteiger partial charge is 0.444 e. The first-order chi connectivity index (χ1) is 10.2. The van der Waals surface area contributed by atoms with Gasteiger partial charge in [0.2, 0.25) is 0 Å². The lowest BCUT2D eigenvalue weighted by molar-refractivity contribution is -0.133. The Balaban J connectivity index is 2.13. The topological polar surface area (TPSA) is 64.6 Å². The van der Waals surface area contributed by atoms with E-state index in [9.17, 15) is 14.0 Å². The molecular formula is C16H20FNO4. The third-order valence-corrected chi connectivity index (χ3v) is 3.12. The van der Waals surface area contributed by atoms with Gasteiger partial charge in [-0.25, -0.2) is 9.18 Å². The molecule has 22 heavy (non-hydrogen) atoms. The highest BCUT2D eigenvalue weighted by molar-refractivity contribution is 5.82. The van der Waals surface area contributed by atoms with Crippen molar-refractivity contribution in [3.8, 4) is 0 Å². The molecule has 1 aromatic carbocycles. The van der Waals surface area contributed by atoms with Crippen molar-refractivity contribution >= 4 is 11.9 Å². The summed E-state index contributed by atoms with van der Waals surface area (Å²) in [6.45, 7) is 5.20. The van der Waals surface area contributed by atoms with E-state index in [1.165, 1.54) is 12.1 Å². The predicted molar refractivity (Wildman–Crippen MR) is 77.9 cm³/mol. The quantitative estimate of drug-likeness (QED) is 0.912. The monoisotopic (exact) mass is 309 g/mol. The molecule has 2 rings (SSSR count). The molecule has 1 amide bonds. The molecule has 1 aliphatic heterocycles. The molecule has 0 spiro atoms. The maximum Gasteiger partial charge on any atom is 0.407 e. The van der Waals surface area contributed by atoms with Gasteiger partial charge in [-0.2, -0.15) is 0 Å². The molecule has 1 aliphatic rings. The SMILES string of the molecule is CC(C)(C)OC(=O)N[C@@H]1CC(=O)CO[C@H]1c1cccc(F)c1. The first-order valence-electron chi connectivity index (χ1n) is 7.13. The summed E-state index contributed by atoms with van der Waals surface area (Å²) in [5, 5.41) is 2.64. The van der Waals surface area contributed by atoms with Gasteiger partial charge in [0.05, 0.1) is 6.04 Å². The number of carbonyl (C=O) groups is 2. The second kappa shape index (κ2) is 6.44. The van der Waals surface area contributed by atoms with Gasteiger partial charge < -0.3 is 14.8 Å². The van der Waals surface area contributed by atoms with Crippen LogP contribution >= 0.6 is 0 Å². The molecule has 1 aromatic rings. The van der Waals surface area contributed by atoms with Crippen LogP contribution in [0.2, 0.25) is 0 Å². The zero-order valence-electron chi connectivity index (χ0n) is 12.9. The highest BCUT2D eigenvalue weighted by atomic mass is 19.1. The minimum atomic E-state index is -0.641. The lowest BCUT2D eigenvalue weighted by Crippen LogP contribution is -2.47. The van der Waals surface area contributed by atoms with Crippen LogP contribution in [0.3, 0.4) is 0 Å². The summed E-state index contributed by atoms with van der Waals surface area (Å²) in [4.78, 5) is 23.5. The fraction of sp³-hybridized carbons (Fsp3) is 0.500. The van der Waals surface area contributed by atoms with Gasteiger partial charge in [-0.05, 0) is 38.5 Å². The molecule has 0 saturated carbocycles. The Bertz CT molecular complexity index is 568. The van der Waals surface area contributed by atoms with Crippen LogP contribution in [0.15, 0.2) is 24.3 Å². The molecule has 0 aromatic heterocycles. The van der Waals surface area contributed by atoms with Gasteiger partial charge >= 0.3 is 6.09 Å². The smallest absolute Gasteiger partial charge is 0.407 e. The van der Waals surface area contributed by atoms with E-state index in [-0.39, 0.29) is 18.8 Å². The maximum atomic E-state index is 13.4. The van der Waals surface area contributed by atoms with Crippen molar-refractivity contribution in [3.05, 3.63) is 35.6 Å². The molecule has 2 atom stereocenters. The van der Waals surface area contributed by atoms with Gasteiger partial charge in [0, 0.05) is 6.42 Å². The van der Waals surface area contributed by atoms with E-state index in [4.69, 9.17) is 9.47 Å². The standard InChI is InChI=1S/C16H20FNO4/c1-16(2,3)22-15(20)18-13-8-12(19)9-21-14(13)10-5-4-6-11(17)7-10/h4-7,13-14H,8-9H2,1-3H3,(H,18,20)/t13-,14+/m1/s1. The Morgan fingerprint density at radius 1 is 1.41 bits per heavy atom. The van der Waals surface area contributed by atoms with Crippen molar-refractivity contribution in [2.75, 3.05) is 6.61 Å². The summed E-state index contributed by atoms with van der Waals surface area (Å²) in [5.74, 6) is -0.511. The summed E-state index contributed by atoms with van der Waals surface area (Å²) in [7, 11) is 0. The van der Waals surface area contributed by atoms with Gasteiger partial charge in [-0.1, -0.05) is 12.1 Å². The third kappa shape index (κ3) is 4.53. The van der Waals surface area contributed by atoms with E-state index in [0.29, 0.717) is 5.56 Å². The van der Waals surface area contributed by atoms with Crippen LogP contribution in [0.4, 0.5) is 9.18 Å². The van der Waals surface area contributed by atoms with Crippen LogP contribution in [0, 0.1) is 5.82 Å². The third-order valence-electron chi connectivity index (χ3n) is 3.12. The minimum Gasteiger partial charge on any atom is -0.444 e. The predicted octanol–water partition coefficient (Wildman–Crippen LogP) is 2.75. The number of hydrogen-bond acceptors (Lipinski definition) is 4. The number of Topliss-reactive ketones (excluding diaryl/α,β-unsaturated/α-hetero) is 1. The maximum absolute atomic E-state index is 13.4.